The maximum Gasteiger partial charge on any atom is 0.263 e. The lowest BCUT2D eigenvalue weighted by molar-refractivity contribution is -0.125. The van der Waals surface area contributed by atoms with Crippen LogP contribution in [0.3, 0.4) is 0 Å². The standard InChI is InChI=1S/C17H22N2O2S/c20-16(18-13-4-5-13)11-3-6-14-12(9-11)10-15(22-14)17(21)19-7-1-2-8-19/h10-11,13H,1-9H2,(H,18,20)/t11-/m1/s1. The zero-order valence-electron chi connectivity index (χ0n) is 12.8. The van der Waals surface area contributed by atoms with E-state index >= 15 is 0 Å². The molecule has 1 aromatic heterocycles. The summed E-state index contributed by atoms with van der Waals surface area (Å²) in [6.07, 6.45) is 7.19. The van der Waals surface area contributed by atoms with Gasteiger partial charge < -0.3 is 10.2 Å². The van der Waals surface area contributed by atoms with Crippen molar-refractivity contribution in [2.24, 2.45) is 5.92 Å². The van der Waals surface area contributed by atoms with E-state index in [2.05, 4.69) is 11.4 Å². The first-order chi connectivity index (χ1) is 10.7. The van der Waals surface area contributed by atoms with Crippen molar-refractivity contribution in [1.29, 1.82) is 0 Å². The van der Waals surface area contributed by atoms with Crippen molar-refractivity contribution in [3.8, 4) is 0 Å². The van der Waals surface area contributed by atoms with Gasteiger partial charge in [0.15, 0.2) is 0 Å². The second-order valence-electron chi connectivity index (χ2n) is 6.78. The highest BCUT2D eigenvalue weighted by Gasteiger charge is 2.31. The van der Waals surface area contributed by atoms with Gasteiger partial charge in [0.1, 0.15) is 0 Å². The Morgan fingerprint density at radius 3 is 2.68 bits per heavy atom. The first kappa shape index (κ1) is 14.2. The summed E-state index contributed by atoms with van der Waals surface area (Å²) < 4.78 is 0. The Kier molecular flexibility index (Phi) is 3.68. The third kappa shape index (κ3) is 2.78. The van der Waals surface area contributed by atoms with Crippen LogP contribution >= 0.6 is 11.3 Å². The van der Waals surface area contributed by atoms with E-state index in [1.807, 2.05) is 4.90 Å². The summed E-state index contributed by atoms with van der Waals surface area (Å²) in [4.78, 5) is 28.9. The van der Waals surface area contributed by atoms with Crippen LogP contribution in [0.15, 0.2) is 6.07 Å². The maximum atomic E-state index is 12.5. The lowest BCUT2D eigenvalue weighted by Crippen LogP contribution is -2.35. The molecule has 1 aromatic rings. The van der Waals surface area contributed by atoms with Gasteiger partial charge in [-0.15, -0.1) is 11.3 Å². The van der Waals surface area contributed by atoms with Gasteiger partial charge in [0.05, 0.1) is 4.88 Å². The number of carbonyl (C=O) groups excluding carboxylic acids is 2. The molecule has 0 spiro atoms. The molecular weight excluding hydrogens is 296 g/mol. The number of hydrogen-bond donors (Lipinski definition) is 1. The molecule has 0 aromatic carbocycles. The molecule has 0 bridgehead atoms. The summed E-state index contributed by atoms with van der Waals surface area (Å²) in [7, 11) is 0. The van der Waals surface area contributed by atoms with Crippen LogP contribution in [-0.2, 0) is 17.6 Å². The van der Waals surface area contributed by atoms with Gasteiger partial charge in [-0.2, -0.15) is 0 Å². The van der Waals surface area contributed by atoms with E-state index < -0.39 is 0 Å². The molecule has 4 rings (SSSR count). The largest absolute Gasteiger partial charge is 0.353 e. The second kappa shape index (κ2) is 5.69. The quantitative estimate of drug-likeness (QED) is 0.930. The van der Waals surface area contributed by atoms with Crippen LogP contribution in [-0.4, -0.2) is 35.8 Å². The number of aryl methyl sites for hydroxylation is 1. The van der Waals surface area contributed by atoms with Crippen LogP contribution in [0.25, 0.3) is 0 Å². The Morgan fingerprint density at radius 2 is 1.95 bits per heavy atom. The van der Waals surface area contributed by atoms with E-state index in [9.17, 15) is 9.59 Å². The summed E-state index contributed by atoms with van der Waals surface area (Å²) in [5.41, 5.74) is 1.23. The number of hydrogen-bond acceptors (Lipinski definition) is 3. The highest BCUT2D eigenvalue weighted by molar-refractivity contribution is 7.14. The molecule has 1 saturated heterocycles. The smallest absolute Gasteiger partial charge is 0.263 e. The molecule has 0 radical (unpaired) electrons. The second-order valence-corrected chi connectivity index (χ2v) is 7.92. The van der Waals surface area contributed by atoms with E-state index in [0.717, 1.165) is 62.9 Å². The fourth-order valence-electron chi connectivity index (χ4n) is 3.48. The fraction of sp³-hybridized carbons (Fsp3) is 0.647. The molecule has 3 aliphatic rings. The molecule has 1 N–H and O–H groups in total. The summed E-state index contributed by atoms with van der Waals surface area (Å²) in [6, 6.07) is 2.49. The molecule has 22 heavy (non-hydrogen) atoms. The van der Waals surface area contributed by atoms with E-state index in [1.165, 1.54) is 10.4 Å². The van der Waals surface area contributed by atoms with Crippen molar-refractivity contribution < 1.29 is 9.59 Å². The van der Waals surface area contributed by atoms with E-state index in [4.69, 9.17) is 0 Å². The number of rotatable bonds is 3. The average Bonchev–Trinajstić information content (AvgIpc) is 3.05. The van der Waals surface area contributed by atoms with Crippen LogP contribution < -0.4 is 5.32 Å². The highest BCUT2D eigenvalue weighted by Crippen LogP contribution is 2.34. The first-order valence-electron chi connectivity index (χ1n) is 8.42. The Morgan fingerprint density at radius 1 is 1.18 bits per heavy atom. The first-order valence-corrected chi connectivity index (χ1v) is 9.23. The van der Waals surface area contributed by atoms with Crippen LogP contribution in [0.1, 0.15) is 52.2 Å². The minimum absolute atomic E-state index is 0.0949. The number of nitrogens with zero attached hydrogens (tertiary/aromatic N) is 1. The molecule has 2 amide bonds. The Balaban J connectivity index is 1.45. The van der Waals surface area contributed by atoms with Crippen LogP contribution in [0.5, 0.6) is 0 Å². The number of thiophene rings is 1. The lowest BCUT2D eigenvalue weighted by Gasteiger charge is -2.21. The van der Waals surface area contributed by atoms with Crippen molar-refractivity contribution in [2.45, 2.75) is 51.0 Å². The zero-order chi connectivity index (χ0) is 15.1. The van der Waals surface area contributed by atoms with Gasteiger partial charge in [0.25, 0.3) is 5.91 Å². The Bertz CT molecular complexity index is 600. The number of fused-ring (bicyclic) bond motifs is 1. The Labute approximate surface area is 134 Å². The van der Waals surface area contributed by atoms with Crippen molar-refractivity contribution in [1.82, 2.24) is 10.2 Å². The van der Waals surface area contributed by atoms with Crippen molar-refractivity contribution >= 4 is 23.2 Å². The van der Waals surface area contributed by atoms with Gasteiger partial charge in [0, 0.05) is 29.9 Å². The molecule has 4 nitrogen and oxygen atoms in total. The van der Waals surface area contributed by atoms with Gasteiger partial charge in [-0.3, -0.25) is 9.59 Å². The van der Waals surface area contributed by atoms with Crippen molar-refractivity contribution in [3.05, 3.63) is 21.4 Å². The normalized spacial score (nSPS) is 24.2. The van der Waals surface area contributed by atoms with Crippen LogP contribution in [0.4, 0.5) is 0 Å². The topological polar surface area (TPSA) is 49.4 Å². The predicted molar refractivity (Wildman–Crippen MR) is 86.1 cm³/mol. The zero-order valence-corrected chi connectivity index (χ0v) is 13.6. The number of nitrogens with one attached hydrogen (secondary N) is 1. The van der Waals surface area contributed by atoms with Crippen LogP contribution in [0, 0.1) is 5.92 Å². The van der Waals surface area contributed by atoms with Gasteiger partial charge in [-0.05, 0) is 56.6 Å². The van der Waals surface area contributed by atoms with Gasteiger partial charge in [0.2, 0.25) is 5.91 Å². The SMILES string of the molecule is O=C(NC1CC1)[C@@H]1CCc2sc(C(=O)N3CCCC3)cc2C1. The van der Waals surface area contributed by atoms with Crippen molar-refractivity contribution in [3.63, 3.8) is 0 Å². The van der Waals surface area contributed by atoms with Crippen molar-refractivity contribution in [2.75, 3.05) is 13.1 Å². The minimum atomic E-state index is 0.0949. The molecule has 2 fully saturated rings. The molecule has 118 valence electrons. The summed E-state index contributed by atoms with van der Waals surface area (Å²) >= 11 is 1.65. The predicted octanol–water partition coefficient (Wildman–Crippen LogP) is 2.37. The fourth-order valence-corrected chi connectivity index (χ4v) is 4.65. The third-order valence-corrected chi connectivity index (χ3v) is 6.21. The third-order valence-electron chi connectivity index (χ3n) is 4.98. The highest BCUT2D eigenvalue weighted by atomic mass is 32.1. The van der Waals surface area contributed by atoms with E-state index in [-0.39, 0.29) is 17.7 Å². The minimum Gasteiger partial charge on any atom is -0.353 e. The number of amides is 2. The molecule has 0 unspecified atom stereocenters. The van der Waals surface area contributed by atoms with Gasteiger partial charge >= 0.3 is 0 Å². The summed E-state index contributed by atoms with van der Waals surface area (Å²) in [5.74, 6) is 0.500. The Hall–Kier alpha value is -1.36. The monoisotopic (exact) mass is 318 g/mol. The van der Waals surface area contributed by atoms with Gasteiger partial charge in [-0.25, -0.2) is 0 Å². The van der Waals surface area contributed by atoms with Crippen LogP contribution in [0.2, 0.25) is 0 Å². The van der Waals surface area contributed by atoms with E-state index in [1.54, 1.807) is 11.3 Å². The maximum absolute atomic E-state index is 12.5. The van der Waals surface area contributed by atoms with Gasteiger partial charge in [-0.1, -0.05) is 0 Å². The molecule has 1 saturated carbocycles. The number of carbonyl (C=O) groups is 2. The lowest BCUT2D eigenvalue weighted by atomic mass is 9.87. The molecule has 1 aliphatic heterocycles. The summed E-state index contributed by atoms with van der Waals surface area (Å²) in [5, 5.41) is 3.12. The molecule has 2 aliphatic carbocycles. The summed E-state index contributed by atoms with van der Waals surface area (Å²) in [6.45, 7) is 1.79. The molecule has 2 heterocycles. The average molecular weight is 318 g/mol. The number of likely N-dealkylation sites (tertiary alicyclic amines) is 1. The molecule has 5 heteroatoms. The molecular formula is C17H22N2O2S. The van der Waals surface area contributed by atoms with E-state index in [0.29, 0.717) is 6.04 Å². The molecule has 1 atom stereocenters.